The lowest BCUT2D eigenvalue weighted by Crippen LogP contribution is -2.40. The van der Waals surface area contributed by atoms with Gasteiger partial charge in [-0.1, -0.05) is 18.2 Å². The normalized spacial score (nSPS) is 12.2. The number of nitrogens with one attached hydrogen (secondary N) is 1. The molecule has 0 aliphatic rings. The molecule has 0 bridgehead atoms. The zero-order valence-electron chi connectivity index (χ0n) is 16.7. The summed E-state index contributed by atoms with van der Waals surface area (Å²) >= 11 is 0. The van der Waals surface area contributed by atoms with Crippen molar-refractivity contribution in [3.63, 3.8) is 0 Å². The summed E-state index contributed by atoms with van der Waals surface area (Å²) in [6.45, 7) is 1.89. The first kappa shape index (κ1) is 19.8. The summed E-state index contributed by atoms with van der Waals surface area (Å²) in [5.41, 5.74) is 1.50. The molecule has 1 atom stereocenters. The fourth-order valence-electron chi connectivity index (χ4n) is 3.47. The average Bonchev–Trinajstić information content (AvgIpc) is 3.22. The second-order valence-corrected chi connectivity index (χ2v) is 8.16. The lowest BCUT2D eigenvalue weighted by atomic mass is 10.2. The number of hydrogen-bond acceptors (Lipinski definition) is 5. The van der Waals surface area contributed by atoms with Gasteiger partial charge in [-0.15, -0.1) is 0 Å². The molecule has 9 heteroatoms. The molecule has 2 aromatic carbocycles. The van der Waals surface area contributed by atoms with Crippen LogP contribution < -0.4 is 16.0 Å². The Labute approximate surface area is 174 Å². The Morgan fingerprint density at radius 3 is 2.53 bits per heavy atom. The van der Waals surface area contributed by atoms with Crippen molar-refractivity contribution < 1.29 is 8.95 Å². The van der Waals surface area contributed by atoms with Gasteiger partial charge in [0, 0.05) is 11.2 Å². The predicted octanol–water partition coefficient (Wildman–Crippen LogP) is 1.98. The van der Waals surface area contributed by atoms with Crippen LogP contribution in [0.3, 0.4) is 0 Å². The van der Waals surface area contributed by atoms with Crippen molar-refractivity contribution in [2.24, 2.45) is 0 Å². The monoisotopic (exact) mass is 424 g/mol. The van der Waals surface area contributed by atoms with Gasteiger partial charge in [0.15, 0.2) is 5.65 Å². The molecule has 0 aliphatic heterocycles. The smallest absolute Gasteiger partial charge is 0.337 e. The summed E-state index contributed by atoms with van der Waals surface area (Å²) < 4.78 is 19.8. The number of H-pyrrole nitrogens is 1. The van der Waals surface area contributed by atoms with Gasteiger partial charge in [-0.3, -0.25) is 13.6 Å². The number of benzene rings is 2. The number of ether oxygens (including phenoxy) is 1. The molecule has 0 amide bonds. The lowest BCUT2D eigenvalue weighted by molar-refractivity contribution is 0.414. The zero-order chi connectivity index (χ0) is 21.4. The number of hydrogen-bond donors (Lipinski definition) is 1. The van der Waals surface area contributed by atoms with Crippen molar-refractivity contribution >= 4 is 22.0 Å². The maximum atomic E-state index is 13.4. The van der Waals surface area contributed by atoms with Crippen LogP contribution in [0.1, 0.15) is 11.1 Å². The molecule has 1 N–H and O–H groups in total. The highest BCUT2D eigenvalue weighted by molar-refractivity contribution is 7.84. The topological polar surface area (TPSA) is 99.0 Å². The molecule has 30 heavy (non-hydrogen) atoms. The molecule has 0 unspecified atom stereocenters. The molecule has 4 rings (SSSR count). The third kappa shape index (κ3) is 3.26. The van der Waals surface area contributed by atoms with Gasteiger partial charge in [0.25, 0.3) is 5.56 Å². The van der Waals surface area contributed by atoms with E-state index in [9.17, 15) is 13.8 Å². The Balaban J connectivity index is 1.97. The lowest BCUT2D eigenvalue weighted by Gasteiger charge is -2.15. The molecule has 0 saturated heterocycles. The zero-order valence-corrected chi connectivity index (χ0v) is 17.5. The van der Waals surface area contributed by atoms with E-state index >= 15 is 0 Å². The average molecular weight is 424 g/mol. The first-order valence-corrected chi connectivity index (χ1v) is 10.7. The summed E-state index contributed by atoms with van der Waals surface area (Å²) in [6.07, 6.45) is 2.97. The highest BCUT2D eigenvalue weighted by atomic mass is 32.2. The van der Waals surface area contributed by atoms with E-state index in [0.717, 1.165) is 10.1 Å². The van der Waals surface area contributed by atoms with Crippen LogP contribution in [0.15, 0.2) is 63.3 Å². The number of nitrogens with zero attached hydrogens (tertiary/aromatic N) is 3. The van der Waals surface area contributed by atoms with Crippen LogP contribution >= 0.6 is 0 Å². The largest absolute Gasteiger partial charge is 0.497 e. The number of methoxy groups -OCH3 is 1. The van der Waals surface area contributed by atoms with Crippen molar-refractivity contribution in [3.8, 4) is 11.4 Å². The number of rotatable bonds is 5. The van der Waals surface area contributed by atoms with Crippen molar-refractivity contribution in [3.05, 3.63) is 80.8 Å². The van der Waals surface area contributed by atoms with E-state index in [-0.39, 0.29) is 17.7 Å². The molecule has 8 nitrogen and oxygen atoms in total. The first-order valence-electron chi connectivity index (χ1n) is 9.17. The molecule has 4 aromatic rings. The van der Waals surface area contributed by atoms with Crippen molar-refractivity contribution in [1.82, 2.24) is 19.1 Å². The van der Waals surface area contributed by atoms with Crippen LogP contribution in [0.2, 0.25) is 0 Å². The quantitative estimate of drug-likeness (QED) is 0.528. The minimum absolute atomic E-state index is 0.0923. The van der Waals surface area contributed by atoms with Crippen LogP contribution in [-0.4, -0.2) is 36.7 Å². The number of fused-ring (bicyclic) bond motifs is 1. The van der Waals surface area contributed by atoms with Gasteiger partial charge >= 0.3 is 5.69 Å². The second kappa shape index (κ2) is 7.75. The molecule has 0 spiro atoms. The molecule has 154 valence electrons. The standard InChI is InChI=1S/C21H20N4O4S/c1-13-16(5-4-6-17(13)30(3)28)25-19-18(22-12-23-19)20(26)24(21(25)27)11-14-7-9-15(29-2)10-8-14/h4-10,12H,11H2,1-3H3,(H,22,23)/t30-/m0/s1. The van der Waals surface area contributed by atoms with E-state index in [0.29, 0.717) is 21.9 Å². The van der Waals surface area contributed by atoms with Gasteiger partial charge < -0.3 is 9.72 Å². The number of aromatic amines is 1. The Morgan fingerprint density at radius 1 is 1.13 bits per heavy atom. The van der Waals surface area contributed by atoms with Gasteiger partial charge in [0.1, 0.15) is 11.3 Å². The number of aromatic nitrogens is 4. The van der Waals surface area contributed by atoms with Crippen molar-refractivity contribution in [2.75, 3.05) is 13.4 Å². The maximum Gasteiger partial charge on any atom is 0.337 e. The van der Waals surface area contributed by atoms with Gasteiger partial charge in [-0.2, -0.15) is 0 Å². The highest BCUT2D eigenvalue weighted by Crippen LogP contribution is 2.21. The molecular weight excluding hydrogens is 404 g/mol. The van der Waals surface area contributed by atoms with E-state index in [2.05, 4.69) is 9.97 Å². The van der Waals surface area contributed by atoms with Crippen LogP contribution in [0.4, 0.5) is 0 Å². The summed E-state index contributed by atoms with van der Waals surface area (Å²) in [6, 6.07) is 12.4. The first-order chi connectivity index (χ1) is 14.4. The van der Waals surface area contributed by atoms with Crippen LogP contribution in [0.5, 0.6) is 5.75 Å². The second-order valence-electron chi connectivity index (χ2n) is 6.81. The van der Waals surface area contributed by atoms with Gasteiger partial charge in [-0.05, 0) is 42.3 Å². The molecule has 2 aromatic heterocycles. The van der Waals surface area contributed by atoms with Crippen LogP contribution in [0, 0.1) is 6.92 Å². The van der Waals surface area contributed by atoms with E-state index < -0.39 is 22.0 Å². The van der Waals surface area contributed by atoms with E-state index in [1.165, 1.54) is 10.9 Å². The third-order valence-corrected chi connectivity index (χ3v) is 6.08. The van der Waals surface area contributed by atoms with E-state index in [1.807, 2.05) is 0 Å². The van der Waals surface area contributed by atoms with E-state index in [4.69, 9.17) is 4.74 Å². The minimum Gasteiger partial charge on any atom is -0.497 e. The fourth-order valence-corrected chi connectivity index (χ4v) is 4.28. The fraction of sp³-hybridized carbons (Fsp3) is 0.190. The molecular formula is C21H20N4O4S. The Kier molecular flexibility index (Phi) is 5.13. The van der Waals surface area contributed by atoms with Gasteiger partial charge in [0.2, 0.25) is 0 Å². The SMILES string of the molecule is COc1ccc(Cn2c(=O)c3[nH]cnc3n(-c3cccc([S@](C)=O)c3C)c2=O)cc1. The predicted molar refractivity (Wildman–Crippen MR) is 115 cm³/mol. The Bertz CT molecular complexity index is 1380. The van der Waals surface area contributed by atoms with Gasteiger partial charge in [0.05, 0.1) is 36.5 Å². The summed E-state index contributed by atoms with van der Waals surface area (Å²) in [5, 5.41) is 0. The molecule has 0 radical (unpaired) electrons. The summed E-state index contributed by atoms with van der Waals surface area (Å²) in [4.78, 5) is 34.1. The van der Waals surface area contributed by atoms with Crippen molar-refractivity contribution in [2.45, 2.75) is 18.4 Å². The van der Waals surface area contributed by atoms with Gasteiger partial charge in [-0.25, -0.2) is 14.3 Å². The van der Waals surface area contributed by atoms with Crippen LogP contribution in [0.25, 0.3) is 16.9 Å². The summed E-state index contributed by atoms with van der Waals surface area (Å²) in [5.74, 6) is 0.688. The maximum absolute atomic E-state index is 13.4. The Hall–Kier alpha value is -3.46. The third-order valence-electron chi connectivity index (χ3n) is 5.02. The molecule has 0 fully saturated rings. The molecule has 2 heterocycles. The minimum atomic E-state index is -1.22. The van der Waals surface area contributed by atoms with Crippen molar-refractivity contribution in [1.29, 1.82) is 0 Å². The molecule has 0 saturated carbocycles. The molecule has 0 aliphatic carbocycles. The highest BCUT2D eigenvalue weighted by Gasteiger charge is 2.19. The van der Waals surface area contributed by atoms with E-state index in [1.54, 1.807) is 62.8 Å². The summed E-state index contributed by atoms with van der Waals surface area (Å²) in [7, 11) is 0.350. The number of imidazole rings is 1. The Morgan fingerprint density at radius 2 is 1.87 bits per heavy atom. The van der Waals surface area contributed by atoms with Crippen LogP contribution in [-0.2, 0) is 17.3 Å².